The van der Waals surface area contributed by atoms with Crippen LogP contribution >= 0.6 is 12.4 Å². The molecule has 0 spiro atoms. The highest BCUT2D eigenvalue weighted by Gasteiger charge is 2.32. The number of nitrogens with zero attached hydrogens (tertiary/aromatic N) is 1. The Hall–Kier alpha value is -1.06. The smallest absolute Gasteiger partial charge is 0.231 e. The lowest BCUT2D eigenvalue weighted by Gasteiger charge is -2.23. The quantitative estimate of drug-likeness (QED) is 0.896. The number of hydrogen-bond acceptors (Lipinski definition) is 2. The summed E-state index contributed by atoms with van der Waals surface area (Å²) in [5.74, 6) is 0.154. The first kappa shape index (κ1) is 15.0. The third kappa shape index (κ3) is 3.03. The Labute approximate surface area is 115 Å². The molecular formula is C14H21ClN2O. The Morgan fingerprint density at radius 1 is 1.39 bits per heavy atom. The van der Waals surface area contributed by atoms with Crippen LogP contribution in [0.3, 0.4) is 0 Å². The summed E-state index contributed by atoms with van der Waals surface area (Å²) in [6.07, 6.45) is 2.97. The molecule has 0 saturated heterocycles. The second-order valence-corrected chi connectivity index (χ2v) is 4.94. The van der Waals surface area contributed by atoms with Gasteiger partial charge in [0.25, 0.3) is 0 Å². The van der Waals surface area contributed by atoms with Crippen LogP contribution in [0.15, 0.2) is 24.3 Å². The number of aryl methyl sites for hydroxylation is 1. The molecule has 100 valence electrons. The Morgan fingerprint density at radius 2 is 2.11 bits per heavy atom. The topological polar surface area (TPSA) is 46.3 Å². The first-order chi connectivity index (χ1) is 8.09. The van der Waals surface area contributed by atoms with Crippen molar-refractivity contribution in [2.75, 3.05) is 11.9 Å². The molecule has 3 nitrogen and oxygen atoms in total. The molecule has 18 heavy (non-hydrogen) atoms. The van der Waals surface area contributed by atoms with Crippen LogP contribution in [-0.4, -0.2) is 19.0 Å². The van der Waals surface area contributed by atoms with E-state index in [4.69, 9.17) is 5.73 Å². The molecule has 1 aromatic rings. The Bertz CT molecular complexity index is 422. The van der Waals surface area contributed by atoms with Gasteiger partial charge in [-0.05, 0) is 37.5 Å². The van der Waals surface area contributed by atoms with Crippen LogP contribution in [0.5, 0.6) is 0 Å². The number of halogens is 1. The number of nitrogens with two attached hydrogens (primary N) is 1. The van der Waals surface area contributed by atoms with E-state index in [1.807, 2.05) is 38.2 Å². The van der Waals surface area contributed by atoms with Gasteiger partial charge in [0.15, 0.2) is 0 Å². The molecule has 0 radical (unpaired) electrons. The molecule has 1 aromatic carbocycles. The van der Waals surface area contributed by atoms with Gasteiger partial charge in [-0.15, -0.1) is 12.4 Å². The average molecular weight is 269 g/mol. The van der Waals surface area contributed by atoms with Crippen LogP contribution in [-0.2, 0) is 4.79 Å². The molecule has 1 saturated carbocycles. The Kier molecular flexibility index (Phi) is 5.17. The van der Waals surface area contributed by atoms with Gasteiger partial charge in [0.1, 0.15) is 0 Å². The lowest BCUT2D eigenvalue weighted by molar-refractivity contribution is -0.122. The van der Waals surface area contributed by atoms with E-state index < -0.39 is 0 Å². The lowest BCUT2D eigenvalue weighted by atomic mass is 10.0. The van der Waals surface area contributed by atoms with Crippen molar-refractivity contribution in [2.24, 2.45) is 11.7 Å². The molecule has 0 aliphatic heterocycles. The first-order valence-corrected chi connectivity index (χ1v) is 6.19. The summed E-state index contributed by atoms with van der Waals surface area (Å²) in [7, 11) is 1.84. The zero-order valence-electron chi connectivity index (χ0n) is 10.9. The van der Waals surface area contributed by atoms with E-state index in [0.29, 0.717) is 0 Å². The second-order valence-electron chi connectivity index (χ2n) is 4.94. The fraction of sp³-hybridized carbons (Fsp3) is 0.500. The van der Waals surface area contributed by atoms with E-state index in [-0.39, 0.29) is 30.3 Å². The second kappa shape index (κ2) is 6.21. The third-order valence-electron chi connectivity index (χ3n) is 3.61. The molecule has 0 aromatic heterocycles. The Morgan fingerprint density at radius 3 is 2.67 bits per heavy atom. The van der Waals surface area contributed by atoms with Gasteiger partial charge in [0, 0.05) is 18.8 Å². The zero-order chi connectivity index (χ0) is 12.4. The highest BCUT2D eigenvalue weighted by Crippen LogP contribution is 2.27. The van der Waals surface area contributed by atoms with Crippen molar-refractivity contribution in [3.63, 3.8) is 0 Å². The van der Waals surface area contributed by atoms with Gasteiger partial charge in [0.05, 0.1) is 5.92 Å². The predicted molar refractivity (Wildman–Crippen MR) is 77.2 cm³/mol. The van der Waals surface area contributed by atoms with Crippen molar-refractivity contribution in [3.8, 4) is 0 Å². The maximum Gasteiger partial charge on any atom is 0.231 e. The van der Waals surface area contributed by atoms with Crippen molar-refractivity contribution in [1.82, 2.24) is 0 Å². The van der Waals surface area contributed by atoms with Crippen molar-refractivity contribution in [1.29, 1.82) is 0 Å². The molecule has 2 unspecified atom stereocenters. The zero-order valence-corrected chi connectivity index (χ0v) is 11.7. The molecule has 1 amide bonds. The van der Waals surface area contributed by atoms with Gasteiger partial charge in [-0.25, -0.2) is 0 Å². The third-order valence-corrected chi connectivity index (χ3v) is 3.61. The molecular weight excluding hydrogens is 248 g/mol. The number of hydrogen-bond donors (Lipinski definition) is 1. The first-order valence-electron chi connectivity index (χ1n) is 6.19. The van der Waals surface area contributed by atoms with Crippen LogP contribution in [0.4, 0.5) is 5.69 Å². The maximum absolute atomic E-state index is 12.3. The molecule has 2 N–H and O–H groups in total. The number of carbonyl (C=O) groups excluding carboxylic acids is 1. The van der Waals surface area contributed by atoms with E-state index in [9.17, 15) is 4.79 Å². The van der Waals surface area contributed by atoms with E-state index in [1.165, 1.54) is 0 Å². The van der Waals surface area contributed by atoms with Crippen molar-refractivity contribution >= 4 is 24.0 Å². The van der Waals surface area contributed by atoms with E-state index in [0.717, 1.165) is 30.5 Å². The number of rotatable bonds is 2. The monoisotopic (exact) mass is 268 g/mol. The molecule has 1 aliphatic rings. The van der Waals surface area contributed by atoms with Crippen LogP contribution in [0.2, 0.25) is 0 Å². The predicted octanol–water partition coefficient (Wildman–Crippen LogP) is 2.51. The molecule has 0 bridgehead atoms. The van der Waals surface area contributed by atoms with Gasteiger partial charge < -0.3 is 10.6 Å². The SMILES string of the molecule is Cc1cccc(N(C)C(=O)C2CCCC2N)c1.Cl. The minimum Gasteiger partial charge on any atom is -0.327 e. The standard InChI is InChI=1S/C14H20N2O.ClH/c1-10-5-3-6-11(9-10)16(2)14(17)12-7-4-8-13(12)15;/h3,5-6,9,12-13H,4,7-8,15H2,1-2H3;1H. The van der Waals surface area contributed by atoms with Crippen LogP contribution < -0.4 is 10.6 Å². The van der Waals surface area contributed by atoms with E-state index in [1.54, 1.807) is 4.90 Å². The lowest BCUT2D eigenvalue weighted by Crippen LogP contribution is -2.39. The number of carbonyl (C=O) groups is 1. The van der Waals surface area contributed by atoms with Gasteiger partial charge in [-0.1, -0.05) is 18.6 Å². The number of amides is 1. The van der Waals surface area contributed by atoms with Crippen LogP contribution in [0, 0.1) is 12.8 Å². The van der Waals surface area contributed by atoms with E-state index in [2.05, 4.69) is 0 Å². The average Bonchev–Trinajstić information content (AvgIpc) is 2.73. The van der Waals surface area contributed by atoms with E-state index >= 15 is 0 Å². The highest BCUT2D eigenvalue weighted by molar-refractivity contribution is 5.95. The largest absolute Gasteiger partial charge is 0.327 e. The number of benzene rings is 1. The molecule has 2 rings (SSSR count). The van der Waals surface area contributed by atoms with Gasteiger partial charge in [-0.2, -0.15) is 0 Å². The van der Waals surface area contributed by atoms with Gasteiger partial charge >= 0.3 is 0 Å². The summed E-state index contributed by atoms with van der Waals surface area (Å²) in [6.45, 7) is 2.03. The minimum atomic E-state index is 0. The van der Waals surface area contributed by atoms with Gasteiger partial charge in [0.2, 0.25) is 5.91 Å². The van der Waals surface area contributed by atoms with Crippen LogP contribution in [0.1, 0.15) is 24.8 Å². The van der Waals surface area contributed by atoms with Crippen LogP contribution in [0.25, 0.3) is 0 Å². The normalized spacial score (nSPS) is 22.4. The molecule has 1 aliphatic carbocycles. The summed E-state index contributed by atoms with van der Waals surface area (Å²) < 4.78 is 0. The maximum atomic E-state index is 12.3. The molecule has 0 heterocycles. The molecule has 4 heteroatoms. The summed E-state index contributed by atoms with van der Waals surface area (Å²) in [5.41, 5.74) is 8.10. The summed E-state index contributed by atoms with van der Waals surface area (Å²) in [4.78, 5) is 14.1. The molecule has 1 fully saturated rings. The van der Waals surface area contributed by atoms with Gasteiger partial charge in [-0.3, -0.25) is 4.79 Å². The fourth-order valence-corrected chi connectivity index (χ4v) is 2.51. The number of anilines is 1. The summed E-state index contributed by atoms with van der Waals surface area (Å²) in [6, 6.07) is 8.03. The summed E-state index contributed by atoms with van der Waals surface area (Å²) >= 11 is 0. The van der Waals surface area contributed by atoms with Crippen molar-refractivity contribution in [3.05, 3.63) is 29.8 Å². The Balaban J connectivity index is 0.00000162. The van der Waals surface area contributed by atoms with Crippen molar-refractivity contribution in [2.45, 2.75) is 32.2 Å². The minimum absolute atomic E-state index is 0. The highest BCUT2D eigenvalue weighted by atomic mass is 35.5. The van der Waals surface area contributed by atoms with Crippen molar-refractivity contribution < 1.29 is 4.79 Å². The molecule has 2 atom stereocenters. The fourth-order valence-electron chi connectivity index (χ4n) is 2.51. The summed E-state index contributed by atoms with van der Waals surface area (Å²) in [5, 5.41) is 0.